The number of terminal acetylenes is 1. The third-order valence-electron chi connectivity index (χ3n) is 3.62. The van der Waals surface area contributed by atoms with E-state index < -0.39 is 0 Å². The molecule has 3 aromatic rings. The molecule has 6 heteroatoms. The molecule has 3 rings (SSSR count). The Hall–Kier alpha value is -2.81. The van der Waals surface area contributed by atoms with Crippen molar-refractivity contribution < 1.29 is 4.42 Å². The van der Waals surface area contributed by atoms with Crippen LogP contribution in [-0.4, -0.2) is 19.7 Å². The summed E-state index contributed by atoms with van der Waals surface area (Å²) in [5, 5.41) is 8.81. The quantitative estimate of drug-likeness (QED) is 0.736. The zero-order valence-electron chi connectivity index (χ0n) is 12.9. The van der Waals surface area contributed by atoms with Crippen LogP contribution in [0, 0.1) is 19.3 Å². The summed E-state index contributed by atoms with van der Waals surface area (Å²) in [5.74, 6) is 3.68. The van der Waals surface area contributed by atoms with Crippen LogP contribution in [0.5, 0.6) is 0 Å². The van der Waals surface area contributed by atoms with Crippen molar-refractivity contribution in [1.29, 1.82) is 0 Å². The molecule has 0 radical (unpaired) electrons. The van der Waals surface area contributed by atoms with E-state index in [0.717, 1.165) is 5.69 Å². The van der Waals surface area contributed by atoms with Crippen molar-refractivity contribution in [3.63, 3.8) is 0 Å². The Balaban J connectivity index is 2.39. The monoisotopic (exact) mass is 296 g/mol. The number of fused-ring (bicyclic) bond motifs is 1. The topological polar surface area (TPSA) is 76.7 Å². The molecule has 0 aliphatic carbocycles. The summed E-state index contributed by atoms with van der Waals surface area (Å²) in [6.45, 7) is 5.80. The standard InChI is InChI=1S/C16H16N4O2/c1-6-10-7-20(5)16(21)13-12(10)11(9(4)17-13)15-19-18-14(22-15)8(2)3/h1,7-8,17H,2-5H3. The Morgan fingerprint density at radius 3 is 2.73 bits per heavy atom. The lowest BCUT2D eigenvalue weighted by molar-refractivity contribution is 0.481. The van der Waals surface area contributed by atoms with Gasteiger partial charge in [0.1, 0.15) is 5.52 Å². The number of rotatable bonds is 2. The Labute approximate surface area is 127 Å². The van der Waals surface area contributed by atoms with Gasteiger partial charge in [-0.15, -0.1) is 16.6 Å². The van der Waals surface area contributed by atoms with Gasteiger partial charge in [-0.1, -0.05) is 19.8 Å². The summed E-state index contributed by atoms with van der Waals surface area (Å²) in [4.78, 5) is 15.4. The van der Waals surface area contributed by atoms with Gasteiger partial charge in [0.25, 0.3) is 5.56 Å². The fourth-order valence-corrected chi connectivity index (χ4v) is 2.49. The zero-order chi connectivity index (χ0) is 16.0. The van der Waals surface area contributed by atoms with E-state index in [-0.39, 0.29) is 11.5 Å². The van der Waals surface area contributed by atoms with Gasteiger partial charge in [-0.3, -0.25) is 4.79 Å². The first kappa shape index (κ1) is 14.1. The summed E-state index contributed by atoms with van der Waals surface area (Å²) in [6, 6.07) is 0. The summed E-state index contributed by atoms with van der Waals surface area (Å²) in [7, 11) is 1.67. The van der Waals surface area contributed by atoms with Gasteiger partial charge in [-0.25, -0.2) is 0 Å². The van der Waals surface area contributed by atoms with Crippen LogP contribution in [-0.2, 0) is 7.05 Å². The molecule has 22 heavy (non-hydrogen) atoms. The summed E-state index contributed by atoms with van der Waals surface area (Å²) in [5.41, 5.74) is 2.39. The fourth-order valence-electron chi connectivity index (χ4n) is 2.49. The van der Waals surface area contributed by atoms with Crippen LogP contribution in [0.2, 0.25) is 0 Å². The van der Waals surface area contributed by atoms with Crippen molar-refractivity contribution >= 4 is 10.9 Å². The van der Waals surface area contributed by atoms with Crippen molar-refractivity contribution in [2.75, 3.05) is 0 Å². The van der Waals surface area contributed by atoms with Gasteiger partial charge in [0.2, 0.25) is 11.8 Å². The van der Waals surface area contributed by atoms with Gasteiger partial charge in [0, 0.05) is 30.2 Å². The highest BCUT2D eigenvalue weighted by atomic mass is 16.4. The van der Waals surface area contributed by atoms with E-state index in [4.69, 9.17) is 10.8 Å². The second kappa shape index (κ2) is 4.88. The van der Waals surface area contributed by atoms with E-state index in [1.165, 1.54) is 4.57 Å². The Kier molecular flexibility index (Phi) is 3.14. The minimum absolute atomic E-state index is 0.131. The number of hydrogen-bond donors (Lipinski definition) is 1. The minimum Gasteiger partial charge on any atom is -0.420 e. The van der Waals surface area contributed by atoms with Crippen molar-refractivity contribution in [3.8, 4) is 23.8 Å². The number of hydrogen-bond acceptors (Lipinski definition) is 4. The summed E-state index contributed by atoms with van der Waals surface area (Å²) < 4.78 is 7.19. The minimum atomic E-state index is -0.146. The van der Waals surface area contributed by atoms with Crippen LogP contribution in [0.1, 0.15) is 36.9 Å². The van der Waals surface area contributed by atoms with Gasteiger partial charge in [0.15, 0.2) is 0 Å². The molecule has 1 N–H and O–H groups in total. The van der Waals surface area contributed by atoms with Gasteiger partial charge in [-0.2, -0.15) is 0 Å². The number of aryl methyl sites for hydroxylation is 2. The van der Waals surface area contributed by atoms with Crippen LogP contribution in [0.15, 0.2) is 15.4 Å². The van der Waals surface area contributed by atoms with E-state index in [9.17, 15) is 4.79 Å². The van der Waals surface area contributed by atoms with Crippen molar-refractivity contribution in [1.82, 2.24) is 19.7 Å². The first-order valence-electron chi connectivity index (χ1n) is 6.96. The Bertz CT molecular complexity index is 967. The molecule has 0 spiro atoms. The number of pyridine rings is 1. The van der Waals surface area contributed by atoms with Crippen LogP contribution < -0.4 is 5.56 Å². The molecule has 112 valence electrons. The summed E-state index contributed by atoms with van der Waals surface area (Å²) >= 11 is 0. The lowest BCUT2D eigenvalue weighted by Crippen LogP contribution is -2.16. The fraction of sp³-hybridized carbons (Fsp3) is 0.312. The molecule has 0 saturated heterocycles. The second-order valence-electron chi connectivity index (χ2n) is 5.58. The molecule has 0 unspecified atom stereocenters. The third-order valence-corrected chi connectivity index (χ3v) is 3.62. The third kappa shape index (κ3) is 1.94. The predicted octanol–water partition coefficient (Wildman–Crippen LogP) is 2.33. The average Bonchev–Trinajstić information content (AvgIpc) is 3.07. The molecule has 0 atom stereocenters. The maximum absolute atomic E-state index is 12.3. The molecule has 0 saturated carbocycles. The van der Waals surface area contributed by atoms with Gasteiger partial charge in [-0.05, 0) is 6.92 Å². The lowest BCUT2D eigenvalue weighted by atomic mass is 10.1. The molecule has 0 aliphatic heterocycles. The molecule has 0 amide bonds. The molecule has 6 nitrogen and oxygen atoms in total. The molecule has 0 aromatic carbocycles. The number of nitrogens with zero attached hydrogens (tertiary/aromatic N) is 3. The van der Waals surface area contributed by atoms with Crippen LogP contribution in [0.4, 0.5) is 0 Å². The van der Waals surface area contributed by atoms with Crippen LogP contribution in [0.3, 0.4) is 0 Å². The SMILES string of the molecule is C#Cc1cn(C)c(=O)c2[nH]c(C)c(-c3nnc(C(C)C)o3)c12. The van der Waals surface area contributed by atoms with E-state index in [0.29, 0.717) is 33.8 Å². The van der Waals surface area contributed by atoms with Crippen LogP contribution >= 0.6 is 0 Å². The first-order chi connectivity index (χ1) is 10.4. The molecular weight excluding hydrogens is 280 g/mol. The number of nitrogens with one attached hydrogen (secondary N) is 1. The molecule has 3 aromatic heterocycles. The molecule has 0 fully saturated rings. The van der Waals surface area contributed by atoms with Gasteiger partial charge in [0.05, 0.1) is 11.1 Å². The highest BCUT2D eigenvalue weighted by molar-refractivity contribution is 5.98. The van der Waals surface area contributed by atoms with Crippen molar-refractivity contribution in [3.05, 3.63) is 33.7 Å². The summed E-state index contributed by atoms with van der Waals surface area (Å²) in [6.07, 6.45) is 7.24. The predicted molar refractivity (Wildman–Crippen MR) is 83.6 cm³/mol. The number of aromatic nitrogens is 4. The maximum Gasteiger partial charge on any atom is 0.274 e. The zero-order valence-corrected chi connectivity index (χ0v) is 12.9. The molecular formula is C16H16N4O2. The first-order valence-corrected chi connectivity index (χ1v) is 6.96. The van der Waals surface area contributed by atoms with Gasteiger partial charge >= 0.3 is 0 Å². The van der Waals surface area contributed by atoms with Gasteiger partial charge < -0.3 is 14.0 Å². The maximum atomic E-state index is 12.3. The molecule has 0 aliphatic rings. The second-order valence-corrected chi connectivity index (χ2v) is 5.58. The molecule has 3 heterocycles. The normalized spacial score (nSPS) is 11.3. The number of aromatic amines is 1. The Morgan fingerprint density at radius 1 is 1.41 bits per heavy atom. The van der Waals surface area contributed by atoms with Crippen LogP contribution in [0.25, 0.3) is 22.4 Å². The Morgan fingerprint density at radius 2 is 2.14 bits per heavy atom. The van der Waals surface area contributed by atoms with Crippen molar-refractivity contribution in [2.24, 2.45) is 7.05 Å². The largest absolute Gasteiger partial charge is 0.420 e. The van der Waals surface area contributed by atoms with Crippen molar-refractivity contribution in [2.45, 2.75) is 26.7 Å². The number of H-pyrrole nitrogens is 1. The van der Waals surface area contributed by atoms with E-state index in [1.54, 1.807) is 13.2 Å². The van der Waals surface area contributed by atoms with E-state index in [2.05, 4.69) is 21.1 Å². The van der Waals surface area contributed by atoms with E-state index >= 15 is 0 Å². The smallest absolute Gasteiger partial charge is 0.274 e. The van der Waals surface area contributed by atoms with E-state index in [1.807, 2.05) is 20.8 Å². The molecule has 0 bridgehead atoms. The highest BCUT2D eigenvalue weighted by Gasteiger charge is 2.21. The lowest BCUT2D eigenvalue weighted by Gasteiger charge is -2.02. The average molecular weight is 296 g/mol. The highest BCUT2D eigenvalue weighted by Crippen LogP contribution is 2.32.